The number of benzene rings is 1. The summed E-state index contributed by atoms with van der Waals surface area (Å²) in [6, 6.07) is 3.43. The summed E-state index contributed by atoms with van der Waals surface area (Å²) in [5.41, 5.74) is 6.55. The number of aliphatic hydroxyl groups is 1. The Hall–Kier alpha value is -2.03. The maximum absolute atomic E-state index is 12.0. The van der Waals surface area contributed by atoms with Gasteiger partial charge in [0.25, 0.3) is 0 Å². The van der Waals surface area contributed by atoms with Crippen LogP contribution in [0.4, 0.5) is 0 Å². The van der Waals surface area contributed by atoms with Crippen molar-refractivity contribution in [1.29, 1.82) is 0 Å². The van der Waals surface area contributed by atoms with Crippen LogP contribution in [0.2, 0.25) is 0 Å². The van der Waals surface area contributed by atoms with Gasteiger partial charge in [-0.25, -0.2) is 5.43 Å². The van der Waals surface area contributed by atoms with Crippen molar-refractivity contribution in [1.82, 2.24) is 10.9 Å². The minimum atomic E-state index is -0.817. The number of hydrogen-bond acceptors (Lipinski definition) is 8. The van der Waals surface area contributed by atoms with Gasteiger partial charge in [0.2, 0.25) is 0 Å². The molecule has 25 heavy (non-hydrogen) atoms. The van der Waals surface area contributed by atoms with E-state index in [-0.39, 0.29) is 30.3 Å². The van der Waals surface area contributed by atoms with Crippen LogP contribution in [0.25, 0.3) is 0 Å². The SMILES string of the molecule is COC(=O)CC(c1cc(OC)c(OC)cc1OC)C1C(C)NNC1O. The standard InChI is InChI=1S/C17H26N2O6/c1-9-16(17(21)19-18-9)11(7-15(20)25-5)10-6-13(23-3)14(24-4)8-12(10)22-2/h6,8-9,11,16-19,21H,7H2,1-5H3. The lowest BCUT2D eigenvalue weighted by atomic mass is 9.79. The third-order valence-corrected chi connectivity index (χ3v) is 4.62. The van der Waals surface area contributed by atoms with Crippen LogP contribution in [-0.2, 0) is 9.53 Å². The van der Waals surface area contributed by atoms with Crippen molar-refractivity contribution in [2.45, 2.75) is 31.5 Å². The molecule has 1 aliphatic heterocycles. The topological polar surface area (TPSA) is 98.3 Å². The zero-order valence-electron chi connectivity index (χ0n) is 15.2. The Labute approximate surface area is 147 Å². The Morgan fingerprint density at radius 3 is 2.16 bits per heavy atom. The van der Waals surface area contributed by atoms with E-state index in [4.69, 9.17) is 18.9 Å². The summed E-state index contributed by atoms with van der Waals surface area (Å²) >= 11 is 0. The summed E-state index contributed by atoms with van der Waals surface area (Å²) in [6.07, 6.45) is -0.722. The summed E-state index contributed by atoms with van der Waals surface area (Å²) in [5.74, 6) is 0.609. The molecule has 1 aromatic carbocycles. The number of carbonyl (C=O) groups excluding carboxylic acids is 1. The number of methoxy groups -OCH3 is 4. The Bertz CT molecular complexity index is 599. The van der Waals surface area contributed by atoms with E-state index in [1.807, 2.05) is 6.92 Å². The van der Waals surface area contributed by atoms with Crippen molar-refractivity contribution in [2.75, 3.05) is 28.4 Å². The highest BCUT2D eigenvalue weighted by Crippen LogP contribution is 2.44. The third kappa shape index (κ3) is 3.97. The normalized spacial score (nSPS) is 23.8. The second-order valence-corrected chi connectivity index (χ2v) is 5.94. The average molecular weight is 354 g/mol. The van der Waals surface area contributed by atoms with Gasteiger partial charge in [0.05, 0.1) is 34.9 Å². The monoisotopic (exact) mass is 354 g/mol. The molecule has 0 spiro atoms. The summed E-state index contributed by atoms with van der Waals surface area (Å²) in [5, 5.41) is 10.3. The largest absolute Gasteiger partial charge is 0.496 e. The van der Waals surface area contributed by atoms with Gasteiger partial charge in [0.1, 0.15) is 12.0 Å². The van der Waals surface area contributed by atoms with Gasteiger partial charge in [0.15, 0.2) is 11.5 Å². The number of hydrogen-bond donors (Lipinski definition) is 3. The molecule has 0 radical (unpaired) electrons. The first kappa shape index (κ1) is 19.3. The highest BCUT2D eigenvalue weighted by molar-refractivity contribution is 5.71. The molecule has 1 saturated heterocycles. The molecular weight excluding hydrogens is 328 g/mol. The Morgan fingerprint density at radius 2 is 1.68 bits per heavy atom. The number of aliphatic hydroxyl groups excluding tert-OH is 1. The smallest absolute Gasteiger partial charge is 0.306 e. The highest BCUT2D eigenvalue weighted by Gasteiger charge is 2.41. The fraction of sp³-hybridized carbons (Fsp3) is 0.588. The number of esters is 1. The van der Waals surface area contributed by atoms with Gasteiger partial charge in [-0.15, -0.1) is 0 Å². The lowest BCUT2D eigenvalue weighted by molar-refractivity contribution is -0.141. The summed E-state index contributed by atoms with van der Waals surface area (Å²) in [4.78, 5) is 12.0. The van der Waals surface area contributed by atoms with Crippen LogP contribution in [0, 0.1) is 5.92 Å². The number of nitrogens with one attached hydrogen (secondary N) is 2. The van der Waals surface area contributed by atoms with Crippen molar-refractivity contribution >= 4 is 5.97 Å². The van der Waals surface area contributed by atoms with Crippen molar-refractivity contribution in [3.63, 3.8) is 0 Å². The molecule has 2 rings (SSSR count). The number of ether oxygens (including phenoxy) is 4. The third-order valence-electron chi connectivity index (χ3n) is 4.62. The van der Waals surface area contributed by atoms with Crippen molar-refractivity contribution in [2.24, 2.45) is 5.92 Å². The fourth-order valence-corrected chi connectivity index (χ4v) is 3.31. The van der Waals surface area contributed by atoms with E-state index >= 15 is 0 Å². The first-order chi connectivity index (χ1) is 12.0. The maximum atomic E-state index is 12.0. The maximum Gasteiger partial charge on any atom is 0.306 e. The van der Waals surface area contributed by atoms with Gasteiger partial charge < -0.3 is 24.1 Å². The van der Waals surface area contributed by atoms with E-state index in [1.54, 1.807) is 33.5 Å². The van der Waals surface area contributed by atoms with Crippen LogP contribution in [-0.4, -0.2) is 51.8 Å². The second-order valence-electron chi connectivity index (χ2n) is 5.94. The van der Waals surface area contributed by atoms with Crippen LogP contribution in [0.15, 0.2) is 12.1 Å². The molecular formula is C17H26N2O6. The number of carbonyl (C=O) groups is 1. The molecule has 8 heteroatoms. The van der Waals surface area contributed by atoms with E-state index in [9.17, 15) is 9.90 Å². The van der Waals surface area contributed by atoms with Gasteiger partial charge in [-0.3, -0.25) is 10.2 Å². The minimum absolute atomic E-state index is 0.0672. The van der Waals surface area contributed by atoms with Crippen LogP contribution in [0.1, 0.15) is 24.8 Å². The van der Waals surface area contributed by atoms with E-state index in [1.165, 1.54) is 7.11 Å². The molecule has 1 fully saturated rings. The first-order valence-electron chi connectivity index (χ1n) is 8.02. The molecule has 0 amide bonds. The zero-order chi connectivity index (χ0) is 18.6. The predicted octanol–water partition coefficient (Wildman–Crippen LogP) is 0.790. The van der Waals surface area contributed by atoms with Gasteiger partial charge in [-0.1, -0.05) is 0 Å². The van der Waals surface area contributed by atoms with Crippen LogP contribution in [0.3, 0.4) is 0 Å². The highest BCUT2D eigenvalue weighted by atomic mass is 16.5. The van der Waals surface area contributed by atoms with Gasteiger partial charge in [-0.05, 0) is 13.0 Å². The molecule has 1 heterocycles. The summed E-state index contributed by atoms with van der Waals surface area (Å²) < 4.78 is 21.0. The number of hydrazine groups is 1. The molecule has 3 N–H and O–H groups in total. The Balaban J connectivity index is 2.54. The molecule has 1 aromatic rings. The van der Waals surface area contributed by atoms with Crippen LogP contribution in [0.5, 0.6) is 17.2 Å². The van der Waals surface area contributed by atoms with Gasteiger partial charge in [0, 0.05) is 29.5 Å². The molecule has 0 aromatic heterocycles. The lowest BCUT2D eigenvalue weighted by Gasteiger charge is -2.29. The zero-order valence-corrected chi connectivity index (χ0v) is 15.2. The second kappa shape index (κ2) is 8.37. The molecule has 4 atom stereocenters. The van der Waals surface area contributed by atoms with E-state index in [0.29, 0.717) is 17.2 Å². The number of rotatable bonds is 7. The molecule has 140 valence electrons. The Morgan fingerprint density at radius 1 is 1.08 bits per heavy atom. The van der Waals surface area contributed by atoms with E-state index < -0.39 is 6.23 Å². The molecule has 8 nitrogen and oxygen atoms in total. The van der Waals surface area contributed by atoms with Gasteiger partial charge in [-0.2, -0.15) is 0 Å². The average Bonchev–Trinajstić information content (AvgIpc) is 2.96. The van der Waals surface area contributed by atoms with Crippen LogP contribution < -0.4 is 25.1 Å². The van der Waals surface area contributed by atoms with Crippen molar-refractivity contribution < 1.29 is 28.8 Å². The van der Waals surface area contributed by atoms with Crippen molar-refractivity contribution in [3.05, 3.63) is 17.7 Å². The minimum Gasteiger partial charge on any atom is -0.496 e. The van der Waals surface area contributed by atoms with Crippen molar-refractivity contribution in [3.8, 4) is 17.2 Å². The van der Waals surface area contributed by atoms with Crippen LogP contribution >= 0.6 is 0 Å². The molecule has 0 bridgehead atoms. The molecule has 1 aliphatic rings. The lowest BCUT2D eigenvalue weighted by Crippen LogP contribution is -2.33. The predicted molar refractivity (Wildman–Crippen MR) is 90.7 cm³/mol. The molecule has 4 unspecified atom stereocenters. The summed E-state index contributed by atoms with van der Waals surface area (Å²) in [7, 11) is 5.97. The summed E-state index contributed by atoms with van der Waals surface area (Å²) in [6.45, 7) is 1.94. The van der Waals surface area contributed by atoms with Gasteiger partial charge >= 0.3 is 5.97 Å². The Kier molecular flexibility index (Phi) is 6.46. The molecule has 0 aliphatic carbocycles. The molecule has 0 saturated carbocycles. The first-order valence-corrected chi connectivity index (χ1v) is 8.02. The quantitative estimate of drug-likeness (QED) is 0.618. The van der Waals surface area contributed by atoms with E-state index in [2.05, 4.69) is 10.9 Å². The van der Waals surface area contributed by atoms with E-state index in [0.717, 1.165) is 5.56 Å². The fourth-order valence-electron chi connectivity index (χ4n) is 3.31.